The van der Waals surface area contributed by atoms with Crippen molar-refractivity contribution in [2.24, 2.45) is 0 Å². The predicted molar refractivity (Wildman–Crippen MR) is 150 cm³/mol. The first-order valence-electron chi connectivity index (χ1n) is 9.22. The van der Waals surface area contributed by atoms with E-state index in [9.17, 15) is 4.79 Å². The fourth-order valence-electron chi connectivity index (χ4n) is 3.00. The van der Waals surface area contributed by atoms with Gasteiger partial charge in [-0.1, -0.05) is 71.4 Å². The van der Waals surface area contributed by atoms with Gasteiger partial charge < -0.3 is 4.74 Å². The number of halogens is 4. The molecule has 162 valence electrons. The highest BCUT2D eigenvalue weighted by molar-refractivity contribution is 14.1. The highest BCUT2D eigenvalue weighted by Crippen LogP contribution is 2.38. The number of hydrogen-bond donors (Lipinski definition) is 0. The maximum Gasteiger partial charge on any atom is 0.270 e. The Bertz CT molecular complexity index is 1230. The fraction of sp³-hybridized carbons (Fsp3) is 0.0435. The second-order valence-corrected chi connectivity index (χ2v) is 11.2. The largest absolute Gasteiger partial charge is 0.487 e. The zero-order chi connectivity index (χ0) is 22.8. The van der Waals surface area contributed by atoms with Crippen LogP contribution in [0.2, 0.25) is 10.0 Å². The average Bonchev–Trinajstić information content (AvgIpc) is 3.03. The SMILES string of the molecule is O=C1/C(=C\c2cc(Br)c(OCc3ccc(Cl)c(Cl)c3)c(I)c2)SC(=S)N1c1ccccc1. The molecule has 0 saturated carbocycles. The number of thioether (sulfide) groups is 1. The van der Waals surface area contributed by atoms with Gasteiger partial charge in [0, 0.05) is 0 Å². The number of hydrogen-bond acceptors (Lipinski definition) is 4. The number of anilines is 1. The molecule has 0 bridgehead atoms. The standard InChI is InChI=1S/C23H13BrCl2INO2S2/c24-16-8-14(10-19(27)21(16)30-12-13-6-7-17(25)18(26)9-13)11-20-22(29)28(23(31)32-20)15-4-2-1-3-5-15/h1-11H,12H2/b20-11+. The normalized spacial score (nSPS) is 15.0. The topological polar surface area (TPSA) is 29.5 Å². The van der Waals surface area contributed by atoms with Crippen molar-refractivity contribution in [3.05, 3.63) is 94.8 Å². The first-order valence-corrected chi connectivity index (χ1v) is 13.1. The van der Waals surface area contributed by atoms with Crippen LogP contribution in [0.4, 0.5) is 5.69 Å². The van der Waals surface area contributed by atoms with E-state index in [-0.39, 0.29) is 5.91 Å². The Morgan fingerprint density at radius 1 is 1.09 bits per heavy atom. The zero-order valence-electron chi connectivity index (χ0n) is 16.2. The lowest BCUT2D eigenvalue weighted by atomic mass is 10.2. The van der Waals surface area contributed by atoms with Crippen molar-refractivity contribution in [3.8, 4) is 5.75 Å². The van der Waals surface area contributed by atoms with Gasteiger partial charge in [0.1, 0.15) is 12.4 Å². The summed E-state index contributed by atoms with van der Waals surface area (Å²) in [6.07, 6.45) is 1.85. The van der Waals surface area contributed by atoms with Crippen molar-refractivity contribution in [2.75, 3.05) is 4.90 Å². The Hall–Kier alpha value is -1.10. The molecule has 3 aromatic carbocycles. The molecule has 9 heteroatoms. The Balaban J connectivity index is 1.54. The summed E-state index contributed by atoms with van der Waals surface area (Å²) < 4.78 is 8.22. The van der Waals surface area contributed by atoms with Gasteiger partial charge in [0.15, 0.2) is 4.32 Å². The van der Waals surface area contributed by atoms with E-state index >= 15 is 0 Å². The lowest BCUT2D eigenvalue weighted by Gasteiger charge is -2.14. The summed E-state index contributed by atoms with van der Waals surface area (Å²) in [6, 6.07) is 18.7. The Morgan fingerprint density at radius 3 is 2.53 bits per heavy atom. The third-order valence-corrected chi connectivity index (χ3v) is 7.93. The summed E-state index contributed by atoms with van der Waals surface area (Å²) in [6.45, 7) is 0.348. The number of para-hydroxylation sites is 1. The van der Waals surface area contributed by atoms with Crippen LogP contribution in [0, 0.1) is 3.57 Å². The van der Waals surface area contributed by atoms with E-state index in [1.54, 1.807) is 17.0 Å². The van der Waals surface area contributed by atoms with Gasteiger partial charge in [-0.2, -0.15) is 0 Å². The minimum absolute atomic E-state index is 0.128. The Kier molecular flexibility index (Phi) is 7.85. The van der Waals surface area contributed by atoms with E-state index in [2.05, 4.69) is 38.5 Å². The monoisotopic (exact) mass is 675 g/mol. The number of amides is 1. The Labute approximate surface area is 227 Å². The van der Waals surface area contributed by atoms with E-state index in [4.69, 9.17) is 40.2 Å². The number of rotatable bonds is 5. The van der Waals surface area contributed by atoms with Gasteiger partial charge in [-0.25, -0.2) is 0 Å². The lowest BCUT2D eigenvalue weighted by Crippen LogP contribution is -2.27. The molecule has 0 spiro atoms. The molecule has 1 aliphatic rings. The molecule has 3 nitrogen and oxygen atoms in total. The highest BCUT2D eigenvalue weighted by Gasteiger charge is 2.33. The lowest BCUT2D eigenvalue weighted by molar-refractivity contribution is -0.113. The van der Waals surface area contributed by atoms with Crippen molar-refractivity contribution in [2.45, 2.75) is 6.61 Å². The molecule has 1 amide bonds. The summed E-state index contributed by atoms with van der Waals surface area (Å²) in [5.74, 6) is 0.586. The number of nitrogens with zero attached hydrogens (tertiary/aromatic N) is 1. The highest BCUT2D eigenvalue weighted by atomic mass is 127. The first kappa shape index (κ1) is 24.0. The summed E-state index contributed by atoms with van der Waals surface area (Å²) in [5.41, 5.74) is 2.55. The van der Waals surface area contributed by atoms with E-state index in [0.29, 0.717) is 31.6 Å². The number of ether oxygens (including phenoxy) is 1. The molecule has 0 aliphatic carbocycles. The zero-order valence-corrected chi connectivity index (χ0v) is 23.0. The third-order valence-electron chi connectivity index (χ3n) is 4.49. The van der Waals surface area contributed by atoms with Gasteiger partial charge in [0.05, 0.1) is 28.7 Å². The number of carbonyl (C=O) groups excluding carboxylic acids is 1. The number of benzene rings is 3. The second-order valence-electron chi connectivity index (χ2n) is 6.70. The summed E-state index contributed by atoms with van der Waals surface area (Å²) in [4.78, 5) is 15.1. The molecule has 1 heterocycles. The van der Waals surface area contributed by atoms with Crippen LogP contribution in [0.25, 0.3) is 6.08 Å². The molecule has 0 unspecified atom stereocenters. The molecule has 1 aliphatic heterocycles. The van der Waals surface area contributed by atoms with Gasteiger partial charge in [-0.15, -0.1) is 0 Å². The van der Waals surface area contributed by atoms with Crippen molar-refractivity contribution in [3.63, 3.8) is 0 Å². The summed E-state index contributed by atoms with van der Waals surface area (Å²) >= 11 is 24.6. The molecule has 0 atom stereocenters. The molecule has 1 saturated heterocycles. The van der Waals surface area contributed by atoms with Crippen LogP contribution in [-0.4, -0.2) is 10.2 Å². The van der Waals surface area contributed by atoms with Crippen LogP contribution in [0.1, 0.15) is 11.1 Å². The van der Waals surface area contributed by atoms with E-state index in [1.165, 1.54) is 11.8 Å². The molecule has 3 aromatic rings. The van der Waals surface area contributed by atoms with E-state index in [1.807, 2.05) is 54.6 Å². The summed E-state index contributed by atoms with van der Waals surface area (Å²) in [7, 11) is 0. The maximum atomic E-state index is 13.0. The number of carbonyl (C=O) groups is 1. The van der Waals surface area contributed by atoms with Gasteiger partial charge in [0.2, 0.25) is 0 Å². The minimum Gasteiger partial charge on any atom is -0.487 e. The van der Waals surface area contributed by atoms with Crippen molar-refractivity contribution < 1.29 is 9.53 Å². The first-order chi connectivity index (χ1) is 15.3. The van der Waals surface area contributed by atoms with Gasteiger partial charge >= 0.3 is 0 Å². The third kappa shape index (κ3) is 5.34. The van der Waals surface area contributed by atoms with E-state index < -0.39 is 0 Å². The molecule has 0 aromatic heterocycles. The van der Waals surface area contributed by atoms with Crippen LogP contribution in [0.3, 0.4) is 0 Å². The summed E-state index contributed by atoms with van der Waals surface area (Å²) in [5, 5.41) is 0.998. The van der Waals surface area contributed by atoms with E-state index in [0.717, 1.165) is 24.9 Å². The number of thiocarbonyl (C=S) groups is 1. The maximum absolute atomic E-state index is 13.0. The molecule has 32 heavy (non-hydrogen) atoms. The molecule has 4 rings (SSSR count). The molecule has 1 fully saturated rings. The minimum atomic E-state index is -0.128. The fourth-order valence-corrected chi connectivity index (χ4v) is 6.39. The predicted octanol–water partition coefficient (Wildman–Crippen LogP) is 8.35. The molecular weight excluding hydrogens is 664 g/mol. The van der Waals surface area contributed by atoms with Crippen molar-refractivity contribution >= 4 is 108 Å². The quantitative estimate of drug-likeness (QED) is 0.154. The Morgan fingerprint density at radius 2 is 1.84 bits per heavy atom. The van der Waals surface area contributed by atoms with Crippen molar-refractivity contribution in [1.82, 2.24) is 0 Å². The molecule has 0 N–H and O–H groups in total. The van der Waals surface area contributed by atoms with Crippen LogP contribution < -0.4 is 9.64 Å². The molecular formula is C23H13BrCl2INO2S2. The van der Waals surface area contributed by atoms with Crippen LogP contribution in [0.15, 0.2) is 70.0 Å². The second kappa shape index (κ2) is 10.4. The smallest absolute Gasteiger partial charge is 0.270 e. The van der Waals surface area contributed by atoms with Crippen LogP contribution in [0.5, 0.6) is 5.75 Å². The van der Waals surface area contributed by atoms with Crippen LogP contribution >= 0.6 is 85.7 Å². The molecule has 0 radical (unpaired) electrons. The van der Waals surface area contributed by atoms with Gasteiger partial charge in [-0.3, -0.25) is 9.69 Å². The average molecular weight is 677 g/mol. The van der Waals surface area contributed by atoms with Crippen LogP contribution in [-0.2, 0) is 11.4 Å². The van der Waals surface area contributed by atoms with Gasteiger partial charge in [0.25, 0.3) is 5.91 Å². The van der Waals surface area contributed by atoms with Crippen molar-refractivity contribution in [1.29, 1.82) is 0 Å². The van der Waals surface area contributed by atoms with Gasteiger partial charge in [-0.05, 0) is 92.1 Å².